The number of rotatable bonds is 4. The summed E-state index contributed by atoms with van der Waals surface area (Å²) in [7, 11) is 0. The lowest BCUT2D eigenvalue weighted by atomic mass is 10.4. The van der Waals surface area contributed by atoms with E-state index in [0.717, 1.165) is 19.6 Å². The van der Waals surface area contributed by atoms with Gasteiger partial charge < -0.3 is 15.0 Å². The average molecular weight is 287 g/mol. The third-order valence-corrected chi connectivity index (χ3v) is 3.04. The third-order valence-electron chi connectivity index (χ3n) is 3.04. The Balaban J connectivity index is 1.97. The Morgan fingerprint density at radius 2 is 2.05 bits per heavy atom. The summed E-state index contributed by atoms with van der Waals surface area (Å²) in [6.45, 7) is 5.66. The van der Waals surface area contributed by atoms with Crippen molar-refractivity contribution in [2.75, 3.05) is 43.1 Å². The zero-order chi connectivity index (χ0) is 14.5. The monoisotopic (exact) mass is 287 g/mol. The molecule has 0 unspecified atom stereocenters. The minimum absolute atomic E-state index is 0.524. The van der Waals surface area contributed by atoms with Crippen molar-refractivity contribution in [1.29, 1.82) is 0 Å². The van der Waals surface area contributed by atoms with E-state index in [9.17, 15) is 0 Å². The summed E-state index contributed by atoms with van der Waals surface area (Å²) in [6.07, 6.45) is 4.90. The third kappa shape index (κ3) is 3.22. The molecule has 2 aromatic heterocycles. The lowest BCUT2D eigenvalue weighted by Crippen LogP contribution is -2.37. The first-order valence-electron chi connectivity index (χ1n) is 6.96. The van der Waals surface area contributed by atoms with Crippen LogP contribution in [0.4, 0.5) is 11.9 Å². The van der Waals surface area contributed by atoms with Crippen molar-refractivity contribution in [3.63, 3.8) is 0 Å². The largest absolute Gasteiger partial charge is 0.378 e. The molecule has 8 nitrogen and oxygen atoms in total. The van der Waals surface area contributed by atoms with Crippen molar-refractivity contribution in [2.24, 2.45) is 0 Å². The van der Waals surface area contributed by atoms with Crippen molar-refractivity contribution in [3.8, 4) is 11.5 Å². The molecule has 0 bridgehead atoms. The van der Waals surface area contributed by atoms with E-state index >= 15 is 0 Å². The van der Waals surface area contributed by atoms with E-state index in [2.05, 4.69) is 35.1 Å². The second kappa shape index (κ2) is 6.40. The van der Waals surface area contributed by atoms with Gasteiger partial charge in [-0.05, 0) is 6.92 Å². The molecule has 0 radical (unpaired) electrons. The van der Waals surface area contributed by atoms with Gasteiger partial charge >= 0.3 is 0 Å². The van der Waals surface area contributed by atoms with Gasteiger partial charge in [0.1, 0.15) is 5.69 Å². The highest BCUT2D eigenvalue weighted by Crippen LogP contribution is 2.18. The van der Waals surface area contributed by atoms with Crippen LogP contribution in [0.15, 0.2) is 18.6 Å². The molecule has 0 spiro atoms. The molecule has 1 aliphatic heterocycles. The Labute approximate surface area is 122 Å². The first-order valence-corrected chi connectivity index (χ1v) is 6.96. The number of morpholine rings is 1. The molecule has 0 saturated carbocycles. The van der Waals surface area contributed by atoms with Gasteiger partial charge in [0.2, 0.25) is 11.9 Å². The molecule has 0 aliphatic carbocycles. The van der Waals surface area contributed by atoms with Gasteiger partial charge in [0.15, 0.2) is 5.82 Å². The zero-order valence-electron chi connectivity index (χ0n) is 11.9. The fraction of sp³-hybridized carbons (Fsp3) is 0.462. The lowest BCUT2D eigenvalue weighted by molar-refractivity contribution is 0.122. The second-order valence-electron chi connectivity index (χ2n) is 4.50. The Kier molecular flexibility index (Phi) is 4.15. The molecule has 0 amide bonds. The molecular weight excluding hydrogens is 270 g/mol. The number of aromatic nitrogens is 5. The summed E-state index contributed by atoms with van der Waals surface area (Å²) < 4.78 is 5.36. The van der Waals surface area contributed by atoms with Crippen LogP contribution in [0.25, 0.3) is 11.5 Å². The van der Waals surface area contributed by atoms with E-state index in [1.54, 1.807) is 18.6 Å². The molecule has 1 saturated heterocycles. The van der Waals surface area contributed by atoms with Gasteiger partial charge in [0, 0.05) is 32.0 Å². The zero-order valence-corrected chi connectivity index (χ0v) is 11.9. The molecule has 1 fully saturated rings. The highest BCUT2D eigenvalue weighted by molar-refractivity contribution is 5.52. The Morgan fingerprint density at radius 3 is 2.76 bits per heavy atom. The van der Waals surface area contributed by atoms with E-state index in [1.165, 1.54) is 0 Å². The molecule has 1 aliphatic rings. The van der Waals surface area contributed by atoms with E-state index in [1.807, 2.05) is 6.92 Å². The maximum atomic E-state index is 5.36. The van der Waals surface area contributed by atoms with Gasteiger partial charge in [0.05, 0.1) is 19.4 Å². The molecule has 0 atom stereocenters. The van der Waals surface area contributed by atoms with Crippen LogP contribution in [-0.4, -0.2) is 57.8 Å². The van der Waals surface area contributed by atoms with Crippen LogP contribution in [0.1, 0.15) is 6.92 Å². The average Bonchev–Trinajstić information content (AvgIpc) is 2.56. The predicted molar refractivity (Wildman–Crippen MR) is 78.0 cm³/mol. The van der Waals surface area contributed by atoms with Crippen LogP contribution < -0.4 is 10.2 Å². The maximum Gasteiger partial charge on any atom is 0.230 e. The van der Waals surface area contributed by atoms with E-state index in [4.69, 9.17) is 4.74 Å². The summed E-state index contributed by atoms with van der Waals surface area (Å²) in [5.41, 5.74) is 0.633. The van der Waals surface area contributed by atoms with Gasteiger partial charge in [-0.25, -0.2) is 4.98 Å². The smallest absolute Gasteiger partial charge is 0.230 e. The van der Waals surface area contributed by atoms with E-state index in [0.29, 0.717) is 36.6 Å². The molecular formula is C13H17N7O. The Bertz CT molecular complexity index is 586. The van der Waals surface area contributed by atoms with E-state index < -0.39 is 0 Å². The van der Waals surface area contributed by atoms with Crippen molar-refractivity contribution in [2.45, 2.75) is 6.92 Å². The van der Waals surface area contributed by atoms with E-state index in [-0.39, 0.29) is 0 Å². The molecule has 3 rings (SSSR count). The highest BCUT2D eigenvalue weighted by Gasteiger charge is 2.17. The normalized spacial score (nSPS) is 15.0. The van der Waals surface area contributed by atoms with Crippen molar-refractivity contribution >= 4 is 11.9 Å². The van der Waals surface area contributed by atoms with Crippen molar-refractivity contribution < 1.29 is 4.74 Å². The predicted octanol–water partition coefficient (Wildman–Crippen LogP) is 0.597. The first-order chi connectivity index (χ1) is 10.4. The molecule has 0 aromatic carbocycles. The molecule has 110 valence electrons. The Morgan fingerprint density at radius 1 is 1.19 bits per heavy atom. The summed E-state index contributed by atoms with van der Waals surface area (Å²) in [5.74, 6) is 1.72. The number of nitrogens with zero attached hydrogens (tertiary/aromatic N) is 6. The summed E-state index contributed by atoms with van der Waals surface area (Å²) in [5, 5.41) is 3.13. The van der Waals surface area contributed by atoms with Crippen molar-refractivity contribution in [1.82, 2.24) is 24.9 Å². The van der Waals surface area contributed by atoms with Crippen LogP contribution in [-0.2, 0) is 4.74 Å². The minimum Gasteiger partial charge on any atom is -0.378 e. The molecule has 21 heavy (non-hydrogen) atoms. The van der Waals surface area contributed by atoms with Crippen LogP contribution >= 0.6 is 0 Å². The van der Waals surface area contributed by atoms with Crippen LogP contribution in [0.2, 0.25) is 0 Å². The van der Waals surface area contributed by atoms with Gasteiger partial charge in [-0.1, -0.05) is 0 Å². The Hall–Kier alpha value is -2.35. The van der Waals surface area contributed by atoms with Gasteiger partial charge in [-0.3, -0.25) is 4.98 Å². The number of hydrogen-bond donors (Lipinski definition) is 1. The summed E-state index contributed by atoms with van der Waals surface area (Å²) >= 11 is 0. The number of ether oxygens (including phenoxy) is 1. The second-order valence-corrected chi connectivity index (χ2v) is 4.50. The van der Waals surface area contributed by atoms with Crippen molar-refractivity contribution in [3.05, 3.63) is 18.6 Å². The maximum absolute atomic E-state index is 5.36. The van der Waals surface area contributed by atoms with Crippen LogP contribution in [0.3, 0.4) is 0 Å². The number of anilines is 2. The van der Waals surface area contributed by atoms with Crippen LogP contribution in [0.5, 0.6) is 0 Å². The molecule has 1 N–H and O–H groups in total. The quantitative estimate of drug-likeness (QED) is 0.874. The van der Waals surface area contributed by atoms with Crippen LogP contribution in [0, 0.1) is 0 Å². The highest BCUT2D eigenvalue weighted by atomic mass is 16.5. The molecule has 3 heterocycles. The lowest BCUT2D eigenvalue weighted by Gasteiger charge is -2.27. The fourth-order valence-electron chi connectivity index (χ4n) is 2.04. The SMILES string of the molecule is CCNc1nc(-c2cnccn2)nc(N2CCOCC2)n1. The number of nitrogens with one attached hydrogen (secondary N) is 1. The summed E-state index contributed by atoms with van der Waals surface area (Å²) in [6, 6.07) is 0. The standard InChI is InChI=1S/C13H17N7O/c1-2-15-12-17-11(10-9-14-3-4-16-10)18-13(19-12)20-5-7-21-8-6-20/h3-4,9H,2,5-8H2,1H3,(H,15,17,18,19). The van der Waals surface area contributed by atoms with Gasteiger partial charge in [-0.15, -0.1) is 0 Å². The first kappa shape index (κ1) is 13.6. The summed E-state index contributed by atoms with van der Waals surface area (Å²) in [4.78, 5) is 23.8. The molecule has 8 heteroatoms. The minimum atomic E-state index is 0.524. The fourth-order valence-corrected chi connectivity index (χ4v) is 2.04. The topological polar surface area (TPSA) is 89.0 Å². The molecule has 2 aromatic rings. The van der Waals surface area contributed by atoms with Gasteiger partial charge in [-0.2, -0.15) is 15.0 Å². The van der Waals surface area contributed by atoms with Gasteiger partial charge in [0.25, 0.3) is 0 Å². The number of hydrogen-bond acceptors (Lipinski definition) is 8.